The molecule has 3 nitrogen and oxygen atoms in total. The first-order chi connectivity index (χ1) is 8.97. The van der Waals surface area contributed by atoms with Crippen molar-refractivity contribution in [1.29, 1.82) is 0 Å². The Morgan fingerprint density at radius 1 is 1.26 bits per heavy atom. The van der Waals surface area contributed by atoms with Gasteiger partial charge >= 0.3 is 0 Å². The fourth-order valence-corrected chi connectivity index (χ4v) is 3.30. The lowest BCUT2D eigenvalue weighted by atomic mass is 9.79. The summed E-state index contributed by atoms with van der Waals surface area (Å²) < 4.78 is 2.35. The number of hydrogen-bond donors (Lipinski definition) is 0. The van der Waals surface area contributed by atoms with Crippen LogP contribution in [-0.4, -0.2) is 28.2 Å². The summed E-state index contributed by atoms with van der Waals surface area (Å²) >= 11 is 1.77. The predicted molar refractivity (Wildman–Crippen MR) is 78.9 cm³/mol. The van der Waals surface area contributed by atoms with Crippen LogP contribution in [0.5, 0.6) is 0 Å². The number of carbonyl (C=O) groups excluding carboxylic acids is 1. The van der Waals surface area contributed by atoms with Gasteiger partial charge in [0.15, 0.2) is 0 Å². The van der Waals surface area contributed by atoms with Crippen LogP contribution < -0.4 is 0 Å². The maximum Gasteiger partial charge on any atom is 0.141 e. The average Bonchev–Trinajstić information content (AvgIpc) is 2.39. The lowest BCUT2D eigenvalue weighted by molar-refractivity contribution is -0.131. The predicted octanol–water partition coefficient (Wildman–Crippen LogP) is 3.42. The SMILES string of the molecule is CC(C)(C)C(=O)C1CCN(Sc2ccncc2)CC1. The van der Waals surface area contributed by atoms with Crippen molar-refractivity contribution in [1.82, 2.24) is 9.29 Å². The third kappa shape index (κ3) is 4.05. The van der Waals surface area contributed by atoms with Crippen molar-refractivity contribution in [2.45, 2.75) is 38.5 Å². The van der Waals surface area contributed by atoms with Crippen molar-refractivity contribution in [3.05, 3.63) is 24.5 Å². The molecule has 0 amide bonds. The van der Waals surface area contributed by atoms with E-state index in [9.17, 15) is 4.79 Å². The molecule has 0 aromatic carbocycles. The highest BCUT2D eigenvalue weighted by atomic mass is 32.2. The first kappa shape index (κ1) is 14.5. The van der Waals surface area contributed by atoms with Gasteiger partial charge in [-0.15, -0.1) is 0 Å². The van der Waals surface area contributed by atoms with E-state index < -0.39 is 0 Å². The molecule has 0 bridgehead atoms. The average molecular weight is 278 g/mol. The van der Waals surface area contributed by atoms with Crippen LogP contribution >= 0.6 is 11.9 Å². The van der Waals surface area contributed by atoms with Crippen LogP contribution in [0.25, 0.3) is 0 Å². The van der Waals surface area contributed by atoms with Gasteiger partial charge in [-0.25, -0.2) is 4.31 Å². The normalized spacial score (nSPS) is 18.5. The van der Waals surface area contributed by atoms with Gasteiger partial charge in [0, 0.05) is 41.7 Å². The monoisotopic (exact) mass is 278 g/mol. The minimum absolute atomic E-state index is 0.203. The van der Waals surface area contributed by atoms with Crippen molar-refractivity contribution in [2.75, 3.05) is 13.1 Å². The second-order valence-corrected chi connectivity index (χ2v) is 7.26. The Labute approximate surface area is 119 Å². The summed E-state index contributed by atoms with van der Waals surface area (Å²) in [7, 11) is 0. The lowest BCUT2D eigenvalue weighted by Gasteiger charge is -2.33. The molecule has 1 aliphatic heterocycles. The van der Waals surface area contributed by atoms with Crippen LogP contribution in [0.2, 0.25) is 0 Å². The molecule has 2 rings (SSSR count). The Hall–Kier alpha value is -0.870. The third-order valence-electron chi connectivity index (χ3n) is 3.45. The Kier molecular flexibility index (Phi) is 4.63. The van der Waals surface area contributed by atoms with Gasteiger partial charge in [-0.3, -0.25) is 9.78 Å². The number of piperidine rings is 1. The largest absolute Gasteiger partial charge is 0.299 e. The molecule has 0 atom stereocenters. The summed E-state index contributed by atoms with van der Waals surface area (Å²) in [6, 6.07) is 4.05. The number of aromatic nitrogens is 1. The number of pyridine rings is 1. The van der Waals surface area contributed by atoms with Gasteiger partial charge < -0.3 is 0 Å². The van der Waals surface area contributed by atoms with Crippen LogP contribution in [0.4, 0.5) is 0 Å². The van der Waals surface area contributed by atoms with Crippen LogP contribution in [0.1, 0.15) is 33.6 Å². The quantitative estimate of drug-likeness (QED) is 0.793. The van der Waals surface area contributed by atoms with E-state index in [0.717, 1.165) is 25.9 Å². The van der Waals surface area contributed by atoms with Gasteiger partial charge in [0.1, 0.15) is 5.78 Å². The highest BCUT2D eigenvalue weighted by Gasteiger charge is 2.32. The topological polar surface area (TPSA) is 33.2 Å². The van der Waals surface area contributed by atoms with Crippen molar-refractivity contribution in [2.24, 2.45) is 11.3 Å². The number of carbonyl (C=O) groups is 1. The molecule has 0 spiro atoms. The van der Waals surface area contributed by atoms with Crippen LogP contribution in [0, 0.1) is 11.3 Å². The summed E-state index contributed by atoms with van der Waals surface area (Å²) in [5.74, 6) is 0.662. The number of Topliss-reactive ketones (excluding diaryl/α,β-unsaturated/α-hetero) is 1. The molecule has 0 radical (unpaired) electrons. The van der Waals surface area contributed by atoms with E-state index in [1.807, 2.05) is 45.3 Å². The summed E-state index contributed by atoms with van der Waals surface area (Å²) in [6.07, 6.45) is 5.60. The second kappa shape index (κ2) is 6.06. The smallest absolute Gasteiger partial charge is 0.141 e. The van der Waals surface area contributed by atoms with Crippen molar-refractivity contribution >= 4 is 17.7 Å². The zero-order valence-electron chi connectivity index (χ0n) is 11.9. The van der Waals surface area contributed by atoms with Crippen molar-refractivity contribution < 1.29 is 4.79 Å². The lowest BCUT2D eigenvalue weighted by Crippen LogP contribution is -2.36. The molecular formula is C15H22N2OS. The summed E-state index contributed by atoms with van der Waals surface area (Å²) in [5, 5.41) is 0. The van der Waals surface area contributed by atoms with E-state index in [1.54, 1.807) is 11.9 Å². The Balaban J connectivity index is 1.85. The molecule has 0 saturated carbocycles. The molecular weight excluding hydrogens is 256 g/mol. The molecule has 2 heterocycles. The third-order valence-corrected chi connectivity index (χ3v) is 4.55. The van der Waals surface area contributed by atoms with E-state index in [4.69, 9.17) is 0 Å². The first-order valence-electron chi connectivity index (χ1n) is 6.84. The van der Waals surface area contributed by atoms with Gasteiger partial charge in [0.05, 0.1) is 0 Å². The van der Waals surface area contributed by atoms with E-state index >= 15 is 0 Å². The van der Waals surface area contributed by atoms with Gasteiger partial charge in [0.25, 0.3) is 0 Å². The Bertz CT molecular complexity index is 420. The molecule has 1 aromatic rings. The van der Waals surface area contributed by atoms with E-state index in [2.05, 4.69) is 9.29 Å². The summed E-state index contributed by atoms with van der Waals surface area (Å²) in [5.41, 5.74) is -0.203. The molecule has 1 aliphatic rings. The van der Waals surface area contributed by atoms with E-state index in [0.29, 0.717) is 5.78 Å². The molecule has 19 heavy (non-hydrogen) atoms. The number of ketones is 1. The fraction of sp³-hybridized carbons (Fsp3) is 0.600. The molecule has 1 aromatic heterocycles. The summed E-state index contributed by atoms with van der Waals surface area (Å²) in [4.78, 5) is 17.5. The molecule has 0 N–H and O–H groups in total. The Morgan fingerprint density at radius 3 is 2.37 bits per heavy atom. The molecule has 0 aliphatic carbocycles. The number of hydrogen-bond acceptors (Lipinski definition) is 4. The molecule has 0 unspecified atom stereocenters. The zero-order valence-corrected chi connectivity index (χ0v) is 12.7. The maximum atomic E-state index is 12.3. The van der Waals surface area contributed by atoms with Gasteiger partial charge in [0.2, 0.25) is 0 Å². The van der Waals surface area contributed by atoms with E-state index in [-0.39, 0.29) is 11.3 Å². The summed E-state index contributed by atoms with van der Waals surface area (Å²) in [6.45, 7) is 8.03. The van der Waals surface area contributed by atoms with Crippen LogP contribution in [0.15, 0.2) is 29.4 Å². The molecule has 1 fully saturated rings. The molecule has 1 saturated heterocycles. The zero-order chi connectivity index (χ0) is 13.9. The molecule has 4 heteroatoms. The minimum Gasteiger partial charge on any atom is -0.299 e. The molecule has 104 valence electrons. The minimum atomic E-state index is -0.203. The number of rotatable bonds is 3. The highest BCUT2D eigenvalue weighted by molar-refractivity contribution is 7.97. The van der Waals surface area contributed by atoms with Crippen LogP contribution in [0.3, 0.4) is 0 Å². The van der Waals surface area contributed by atoms with E-state index in [1.165, 1.54) is 4.90 Å². The van der Waals surface area contributed by atoms with Crippen LogP contribution in [-0.2, 0) is 4.79 Å². The highest BCUT2D eigenvalue weighted by Crippen LogP contribution is 2.31. The Morgan fingerprint density at radius 2 is 1.84 bits per heavy atom. The van der Waals surface area contributed by atoms with Gasteiger partial charge in [-0.05, 0) is 36.9 Å². The van der Waals surface area contributed by atoms with Gasteiger partial charge in [-0.2, -0.15) is 0 Å². The first-order valence-corrected chi connectivity index (χ1v) is 7.61. The van der Waals surface area contributed by atoms with Crippen molar-refractivity contribution in [3.63, 3.8) is 0 Å². The van der Waals surface area contributed by atoms with Crippen molar-refractivity contribution in [3.8, 4) is 0 Å². The maximum absolute atomic E-state index is 12.3. The standard InChI is InChI=1S/C15H22N2OS/c1-15(2,3)14(18)12-6-10-17(11-7-12)19-13-4-8-16-9-5-13/h4-5,8-9,12H,6-7,10-11H2,1-3H3. The van der Waals surface area contributed by atoms with Gasteiger partial charge in [-0.1, -0.05) is 20.8 Å². The second-order valence-electron chi connectivity index (χ2n) is 6.09. The number of nitrogens with zero attached hydrogens (tertiary/aromatic N) is 2. The fourth-order valence-electron chi connectivity index (χ4n) is 2.37.